The van der Waals surface area contributed by atoms with E-state index < -0.39 is 49.2 Å². The molecule has 10 aromatic carbocycles. The molecule has 30 nitrogen and oxygen atoms in total. The van der Waals surface area contributed by atoms with Crippen LogP contribution in [0.5, 0.6) is 0 Å². The highest BCUT2D eigenvalue weighted by Crippen LogP contribution is 2.36. The first kappa shape index (κ1) is 112. The number of sulfone groups is 5. The van der Waals surface area contributed by atoms with Crippen LogP contribution in [-0.2, 0) is 136 Å². The molecule has 0 bridgehead atoms. The van der Waals surface area contributed by atoms with Gasteiger partial charge in [0.15, 0.2) is 49.2 Å². The molecule has 5 aromatic heterocycles. The van der Waals surface area contributed by atoms with Crippen LogP contribution >= 0.6 is 23.5 Å². The summed E-state index contributed by atoms with van der Waals surface area (Å²) < 4.78 is 154. The molecule has 0 fully saturated rings. The Bertz CT molecular complexity index is 7750. The number of ether oxygens (including phenoxy) is 5. The SMILES string of the molecule is CCOC(=O)Cn1nc(C)cc1-c1ccc(-c2ccc(CC)c(S(C)(=O)=O)c2)cc1.CCOC(=O)Cn1nc(C)cc1-c1ccc(-c2cccc(S(=O)(=O)CC)c2)cc1.CCOC(=O)Cn1nc(C)cc1-c1ccc(-c2cccc(S(C)(=O)=O)c2)cc1.CCS(=O)(=O)c1cccc(-c2ccc(-c3cc(C)nn3CC(=O)OCSC)cc2)c1.CSCOC(=O)Cn1nc(C)cc1-c1ccc(-c2cccc(S(C)(=O)=O)c2)cc1. The van der Waals surface area contributed by atoms with Crippen molar-refractivity contribution in [3.63, 3.8) is 0 Å². The lowest BCUT2D eigenvalue weighted by Gasteiger charge is -2.11. The van der Waals surface area contributed by atoms with Crippen molar-refractivity contribution in [2.75, 3.05) is 74.5 Å². The van der Waals surface area contributed by atoms with Gasteiger partial charge in [-0.2, -0.15) is 25.5 Å². The minimum Gasteiger partial charge on any atom is -0.465 e. The summed E-state index contributed by atoms with van der Waals surface area (Å²) in [5.74, 6) is -0.897. The average molecular weight is 2110 g/mol. The molecule has 15 rings (SSSR count). The van der Waals surface area contributed by atoms with Crippen LogP contribution in [0.25, 0.3) is 112 Å². The Balaban J connectivity index is 0.000000174. The van der Waals surface area contributed by atoms with Gasteiger partial charge in [-0.05, 0) is 248 Å². The number of esters is 5. The van der Waals surface area contributed by atoms with E-state index in [2.05, 4.69) is 25.5 Å². The third-order valence-electron chi connectivity index (χ3n) is 22.6. The number of hydrogen-bond acceptors (Lipinski definition) is 27. The van der Waals surface area contributed by atoms with Crippen LogP contribution in [0.2, 0.25) is 0 Å². The van der Waals surface area contributed by atoms with Gasteiger partial charge >= 0.3 is 29.8 Å². The molecule has 0 unspecified atom stereocenters. The van der Waals surface area contributed by atoms with Crippen LogP contribution in [-0.4, -0.2) is 195 Å². The Morgan fingerprint density at radius 3 is 0.685 bits per heavy atom. The predicted octanol–water partition coefficient (Wildman–Crippen LogP) is 19.4. The smallest absolute Gasteiger partial charge is 0.328 e. The molecule has 15 aromatic rings. The molecule has 0 atom stereocenters. The topological polar surface area (TPSA) is 391 Å². The summed E-state index contributed by atoms with van der Waals surface area (Å²) in [6.07, 6.45) is 8.02. The van der Waals surface area contributed by atoms with Crippen molar-refractivity contribution in [2.45, 2.75) is 140 Å². The lowest BCUT2D eigenvalue weighted by atomic mass is 10.0. The predicted molar refractivity (Wildman–Crippen MR) is 572 cm³/mol. The Labute approximate surface area is 861 Å². The molecule has 766 valence electrons. The minimum atomic E-state index is -3.30. The van der Waals surface area contributed by atoms with E-state index in [-0.39, 0.29) is 83.9 Å². The lowest BCUT2D eigenvalue weighted by molar-refractivity contribution is -0.144. The molecule has 0 N–H and O–H groups in total. The molecular formula is C109H118N10O20S7. The molecule has 0 amide bonds. The fraction of sp³-hybridized carbons (Fsp3) is 0.266. The average Bonchev–Trinajstić information content (AvgIpc) is 1.81. The van der Waals surface area contributed by atoms with Crippen LogP contribution in [0.15, 0.2) is 291 Å². The van der Waals surface area contributed by atoms with Crippen molar-refractivity contribution < 1.29 is 89.7 Å². The summed E-state index contributed by atoms with van der Waals surface area (Å²) in [5, 5.41) is 22.0. The minimum absolute atomic E-state index is 0.0435. The second-order valence-electron chi connectivity index (χ2n) is 33.7. The zero-order chi connectivity index (χ0) is 106. The van der Waals surface area contributed by atoms with E-state index in [9.17, 15) is 66.1 Å². The Kier molecular flexibility index (Phi) is 39.4. The van der Waals surface area contributed by atoms with Gasteiger partial charge in [-0.25, -0.2) is 42.1 Å². The number of rotatable bonds is 35. The summed E-state index contributed by atoms with van der Waals surface area (Å²) in [6.45, 7) is 21.1. The van der Waals surface area contributed by atoms with Gasteiger partial charge in [0.1, 0.15) is 44.6 Å². The lowest BCUT2D eigenvalue weighted by Crippen LogP contribution is -2.15. The van der Waals surface area contributed by atoms with E-state index in [1.165, 1.54) is 42.3 Å². The molecule has 37 heteroatoms. The highest BCUT2D eigenvalue weighted by molar-refractivity contribution is 7.98. The van der Waals surface area contributed by atoms with Gasteiger partial charge in [0, 0.05) is 18.8 Å². The second kappa shape index (κ2) is 51.2. The maximum absolute atomic E-state index is 12.2. The summed E-state index contributed by atoms with van der Waals surface area (Å²) in [5.41, 5.74) is 22.2. The molecule has 146 heavy (non-hydrogen) atoms. The van der Waals surface area contributed by atoms with E-state index >= 15 is 0 Å². The number of hydrogen-bond donors (Lipinski definition) is 0. The first-order chi connectivity index (χ1) is 69.4. The standard InChI is InChI=1S/C23H26N2O4S.C22H24N2O4S2.C22H24N2O4S.C21H22N2O4S2.C21H22N2O4S/c1-5-17-7-12-20(14-22(17)30(4,27)28)18-8-10-19(11-9-18)21-13-16(3)24-25(21)15-23(26)29-6-2;1-4-30(26,27)20-7-5-6-19(13-20)17-8-10-18(11-9-17)21-12-16(2)23-24(21)14-22(25)28-15-29-3;1-4-28-22(25)15-24-21(13-16(3)23-24)18-11-9-17(10-12-18)19-7-6-8-20(14-19)29(26,27)5-2;1-15-11-20(23(22-15)13-21(24)27-14-28-2)17-9-7-16(8-10-17)18-5-4-6-19(12-18)29(3,25)26;1-4-27-21(24)14-23-20(12-15(2)22-23)17-10-8-16(9-11-17)18-6-5-7-19(13-18)28(3,25)26/h7-14H,5-6,15H2,1-4H3;5-13H,4,14-15H2,1-3H3;6-14H,4-5,15H2,1-3H3;4-12H,13-14H2,1-3H3;5-13H,4,14H2,1-3H3. The van der Waals surface area contributed by atoms with Crippen LogP contribution in [0.4, 0.5) is 0 Å². The van der Waals surface area contributed by atoms with Gasteiger partial charge in [0.2, 0.25) is 0 Å². The molecular weight excluding hydrogens is 1990 g/mol. The fourth-order valence-corrected chi connectivity index (χ4v) is 20.2. The summed E-state index contributed by atoms with van der Waals surface area (Å²) in [7, 11) is -16.3. The van der Waals surface area contributed by atoms with Crippen LogP contribution < -0.4 is 0 Å². The quantitative estimate of drug-likeness (QED) is 0.0202. The summed E-state index contributed by atoms with van der Waals surface area (Å²) in [4.78, 5) is 61.1. The zero-order valence-corrected chi connectivity index (χ0v) is 89.8. The molecule has 0 spiro atoms. The Morgan fingerprint density at radius 2 is 0.473 bits per heavy atom. The van der Waals surface area contributed by atoms with Gasteiger partial charge in [0.25, 0.3) is 0 Å². The molecule has 0 saturated carbocycles. The van der Waals surface area contributed by atoms with Gasteiger partial charge in [-0.15, -0.1) is 23.5 Å². The summed E-state index contributed by atoms with van der Waals surface area (Å²) in [6, 6.07) is 81.5. The molecule has 0 aliphatic rings. The first-order valence-electron chi connectivity index (χ1n) is 46.6. The largest absolute Gasteiger partial charge is 0.465 e. The second-order valence-corrected chi connectivity index (χ2v) is 45.9. The first-order valence-corrected chi connectivity index (χ1v) is 58.3. The number of aryl methyl sites for hydroxylation is 6. The number of benzene rings is 10. The maximum Gasteiger partial charge on any atom is 0.328 e. The van der Waals surface area contributed by atoms with Gasteiger partial charge < -0.3 is 23.7 Å². The fourth-order valence-electron chi connectivity index (χ4n) is 15.5. The highest BCUT2D eigenvalue weighted by Gasteiger charge is 2.24. The molecule has 0 saturated heterocycles. The van der Waals surface area contributed by atoms with Crippen molar-refractivity contribution in [3.8, 4) is 112 Å². The van der Waals surface area contributed by atoms with Crippen LogP contribution in [0.3, 0.4) is 0 Å². The van der Waals surface area contributed by atoms with Gasteiger partial charge in [-0.3, -0.25) is 47.4 Å². The Hall–Kier alpha value is -14.0. The zero-order valence-electron chi connectivity index (χ0n) is 84.1. The van der Waals surface area contributed by atoms with E-state index in [4.69, 9.17) is 23.7 Å². The number of carbonyl (C=O) groups is 5. The van der Waals surface area contributed by atoms with E-state index in [1.807, 2.05) is 242 Å². The maximum atomic E-state index is 12.2. The van der Waals surface area contributed by atoms with Crippen molar-refractivity contribution in [1.29, 1.82) is 0 Å². The van der Waals surface area contributed by atoms with Gasteiger partial charge in [0.05, 0.1) is 113 Å². The third kappa shape index (κ3) is 31.1. The molecule has 0 radical (unpaired) electrons. The summed E-state index contributed by atoms with van der Waals surface area (Å²) >= 11 is 2.88. The normalized spacial score (nSPS) is 11.4. The van der Waals surface area contributed by atoms with Crippen molar-refractivity contribution >= 4 is 103 Å². The van der Waals surface area contributed by atoms with E-state index in [1.54, 1.807) is 137 Å². The van der Waals surface area contributed by atoms with Crippen molar-refractivity contribution in [2.24, 2.45) is 0 Å². The number of carbonyl (C=O) groups excluding carboxylic acids is 5. The van der Waals surface area contributed by atoms with Crippen molar-refractivity contribution in [3.05, 3.63) is 301 Å². The monoisotopic (exact) mass is 2110 g/mol. The third-order valence-corrected chi connectivity index (χ3v) is 30.2. The molecule has 5 heterocycles. The van der Waals surface area contributed by atoms with Gasteiger partial charge in [-0.1, -0.05) is 203 Å². The van der Waals surface area contributed by atoms with E-state index in [0.717, 1.165) is 146 Å². The van der Waals surface area contributed by atoms with Crippen LogP contribution in [0.1, 0.15) is 75.6 Å². The van der Waals surface area contributed by atoms with Crippen molar-refractivity contribution in [1.82, 2.24) is 48.9 Å². The molecule has 0 aliphatic carbocycles. The number of nitrogens with zero attached hydrogens (tertiary/aromatic N) is 10. The van der Waals surface area contributed by atoms with E-state index in [0.29, 0.717) is 52.8 Å². The Morgan fingerprint density at radius 1 is 0.260 bits per heavy atom. The molecule has 0 aliphatic heterocycles. The highest BCUT2D eigenvalue weighted by atomic mass is 32.2. The van der Waals surface area contributed by atoms with Crippen LogP contribution in [0, 0.1) is 34.6 Å². The number of thioether (sulfide) groups is 2. The number of aromatic nitrogens is 10.